The number of carbonyl (C=O) groups is 1. The van der Waals surface area contributed by atoms with Gasteiger partial charge in [-0.1, -0.05) is 25.1 Å². The molecule has 0 aliphatic carbocycles. The van der Waals surface area contributed by atoms with E-state index in [1.54, 1.807) is 12.1 Å². The maximum absolute atomic E-state index is 13.9. The monoisotopic (exact) mass is 389 g/mol. The highest BCUT2D eigenvalue weighted by atomic mass is 32.1. The molecule has 0 aliphatic rings. The molecule has 7 heteroatoms. The van der Waals surface area contributed by atoms with Crippen molar-refractivity contribution in [1.82, 2.24) is 9.97 Å². The Bertz CT molecular complexity index is 933. The van der Waals surface area contributed by atoms with E-state index in [0.717, 1.165) is 34.1 Å². The van der Waals surface area contributed by atoms with Crippen LogP contribution in [0.1, 0.15) is 49.9 Å². The van der Waals surface area contributed by atoms with Crippen LogP contribution >= 0.6 is 22.7 Å². The topological polar surface area (TPSA) is 54.9 Å². The smallest absolute Gasteiger partial charge is 0.269 e. The normalized spacial score (nSPS) is 10.9. The average Bonchev–Trinajstić information content (AvgIpc) is 3.12. The van der Waals surface area contributed by atoms with Crippen LogP contribution in [0, 0.1) is 19.7 Å². The lowest BCUT2D eigenvalue weighted by molar-refractivity contribution is 0.103. The summed E-state index contributed by atoms with van der Waals surface area (Å²) in [4.78, 5) is 23.0. The summed E-state index contributed by atoms with van der Waals surface area (Å²) in [6, 6.07) is 6.71. The molecule has 0 saturated heterocycles. The molecule has 136 valence electrons. The number of hydrogen-bond donors (Lipinski definition) is 1. The van der Waals surface area contributed by atoms with Crippen molar-refractivity contribution in [3.8, 4) is 0 Å². The molecular formula is C19H20FN3OS2. The van der Waals surface area contributed by atoms with Crippen molar-refractivity contribution in [2.24, 2.45) is 0 Å². The number of rotatable bonds is 6. The second-order valence-electron chi connectivity index (χ2n) is 6.02. The van der Waals surface area contributed by atoms with Crippen molar-refractivity contribution in [3.63, 3.8) is 0 Å². The summed E-state index contributed by atoms with van der Waals surface area (Å²) >= 11 is 2.81. The third kappa shape index (κ3) is 4.16. The van der Waals surface area contributed by atoms with Gasteiger partial charge in [-0.2, -0.15) is 0 Å². The fraction of sp³-hybridized carbons (Fsp3) is 0.316. The second-order valence-corrected chi connectivity index (χ2v) is 8.19. The number of aromatic nitrogens is 2. The number of aryl methyl sites for hydroxylation is 3. The number of anilines is 1. The van der Waals surface area contributed by atoms with Crippen molar-refractivity contribution in [3.05, 3.63) is 61.8 Å². The summed E-state index contributed by atoms with van der Waals surface area (Å²) < 4.78 is 13.9. The lowest BCUT2D eigenvalue weighted by Gasteiger charge is -2.01. The first-order valence-electron chi connectivity index (χ1n) is 8.45. The molecule has 1 N–H and O–H groups in total. The van der Waals surface area contributed by atoms with Gasteiger partial charge < -0.3 is 0 Å². The molecule has 1 aromatic carbocycles. The number of hydrogen-bond acceptors (Lipinski definition) is 5. The molecule has 2 heterocycles. The van der Waals surface area contributed by atoms with Gasteiger partial charge in [0.05, 0.1) is 16.4 Å². The van der Waals surface area contributed by atoms with Gasteiger partial charge in [0.1, 0.15) is 10.7 Å². The van der Waals surface area contributed by atoms with E-state index in [2.05, 4.69) is 22.2 Å². The van der Waals surface area contributed by atoms with Gasteiger partial charge in [-0.3, -0.25) is 10.1 Å². The molecule has 2 aromatic heterocycles. The minimum absolute atomic E-state index is 0.187. The van der Waals surface area contributed by atoms with Crippen molar-refractivity contribution < 1.29 is 9.18 Å². The predicted octanol–water partition coefficient (Wildman–Crippen LogP) is 5.15. The first kappa shape index (κ1) is 18.7. The number of amides is 1. The van der Waals surface area contributed by atoms with E-state index < -0.39 is 0 Å². The third-order valence-electron chi connectivity index (χ3n) is 3.93. The van der Waals surface area contributed by atoms with Gasteiger partial charge in [0.25, 0.3) is 5.91 Å². The minimum atomic E-state index is -0.227. The summed E-state index contributed by atoms with van der Waals surface area (Å²) in [5.74, 6) is -0.414. The van der Waals surface area contributed by atoms with Gasteiger partial charge in [0, 0.05) is 11.3 Å². The van der Waals surface area contributed by atoms with Gasteiger partial charge in [0.2, 0.25) is 0 Å². The zero-order valence-electron chi connectivity index (χ0n) is 14.9. The van der Waals surface area contributed by atoms with E-state index >= 15 is 0 Å². The third-order valence-corrected chi connectivity index (χ3v) is 6.22. The number of carbonyl (C=O) groups excluding carboxylic acids is 1. The first-order valence-corrected chi connectivity index (χ1v) is 10.1. The SMILES string of the molecule is CCCc1nc(C)c(C(=O)Nc2nc(C)c(Cc3ccccc3F)s2)s1. The average molecular weight is 390 g/mol. The molecule has 1 amide bonds. The molecule has 0 atom stereocenters. The predicted molar refractivity (Wildman–Crippen MR) is 105 cm³/mol. The fourth-order valence-corrected chi connectivity index (χ4v) is 4.64. The molecule has 0 fully saturated rings. The lowest BCUT2D eigenvalue weighted by Crippen LogP contribution is -2.11. The quantitative estimate of drug-likeness (QED) is 0.634. The van der Waals surface area contributed by atoms with Gasteiger partial charge in [-0.25, -0.2) is 14.4 Å². The van der Waals surface area contributed by atoms with E-state index in [4.69, 9.17) is 0 Å². The molecule has 3 rings (SSSR count). The highest BCUT2D eigenvalue weighted by Crippen LogP contribution is 2.27. The Kier molecular flexibility index (Phi) is 5.78. The standard InChI is InChI=1S/C19H20FN3OS2/c1-4-7-16-21-12(3)17(26-16)18(24)23-19-22-11(2)15(25-19)10-13-8-5-6-9-14(13)20/h5-6,8-9H,4,7,10H2,1-3H3,(H,22,23,24). The van der Waals surface area contributed by atoms with E-state index in [1.165, 1.54) is 28.7 Å². The molecule has 3 aromatic rings. The maximum Gasteiger partial charge on any atom is 0.269 e. The maximum atomic E-state index is 13.9. The largest absolute Gasteiger partial charge is 0.297 e. The number of benzene rings is 1. The Morgan fingerprint density at radius 3 is 2.65 bits per heavy atom. The minimum Gasteiger partial charge on any atom is -0.297 e. The molecule has 4 nitrogen and oxygen atoms in total. The Morgan fingerprint density at radius 1 is 1.15 bits per heavy atom. The molecule has 0 spiro atoms. The lowest BCUT2D eigenvalue weighted by atomic mass is 10.1. The highest BCUT2D eigenvalue weighted by Gasteiger charge is 2.18. The van der Waals surface area contributed by atoms with Crippen LogP contribution in [0.3, 0.4) is 0 Å². The summed E-state index contributed by atoms with van der Waals surface area (Å²) in [5, 5.41) is 4.37. The molecular weight excluding hydrogens is 369 g/mol. The Hall–Kier alpha value is -2.12. The Balaban J connectivity index is 1.75. The van der Waals surface area contributed by atoms with Crippen LogP contribution in [0.15, 0.2) is 24.3 Å². The fourth-order valence-electron chi connectivity index (χ4n) is 2.60. The molecule has 0 saturated carbocycles. The van der Waals surface area contributed by atoms with Crippen LogP contribution in [0.5, 0.6) is 0 Å². The van der Waals surface area contributed by atoms with Gasteiger partial charge in [-0.05, 0) is 38.3 Å². The van der Waals surface area contributed by atoms with Crippen LogP contribution in [-0.4, -0.2) is 15.9 Å². The zero-order valence-corrected chi connectivity index (χ0v) is 16.6. The van der Waals surface area contributed by atoms with Crippen LogP contribution < -0.4 is 5.32 Å². The summed E-state index contributed by atoms with van der Waals surface area (Å²) in [6.45, 7) is 5.81. The van der Waals surface area contributed by atoms with E-state index in [-0.39, 0.29) is 11.7 Å². The van der Waals surface area contributed by atoms with Crippen LogP contribution in [-0.2, 0) is 12.8 Å². The number of nitrogens with one attached hydrogen (secondary N) is 1. The van der Waals surface area contributed by atoms with Crippen molar-refractivity contribution in [1.29, 1.82) is 0 Å². The van der Waals surface area contributed by atoms with Crippen LogP contribution in [0.2, 0.25) is 0 Å². The molecule has 0 unspecified atom stereocenters. The van der Waals surface area contributed by atoms with Gasteiger partial charge in [-0.15, -0.1) is 22.7 Å². The first-order chi connectivity index (χ1) is 12.5. The number of halogens is 1. The van der Waals surface area contributed by atoms with Gasteiger partial charge in [0.15, 0.2) is 5.13 Å². The van der Waals surface area contributed by atoms with Gasteiger partial charge >= 0.3 is 0 Å². The van der Waals surface area contributed by atoms with Crippen molar-refractivity contribution in [2.75, 3.05) is 5.32 Å². The Morgan fingerprint density at radius 2 is 1.92 bits per heavy atom. The van der Waals surface area contributed by atoms with Crippen LogP contribution in [0.25, 0.3) is 0 Å². The molecule has 26 heavy (non-hydrogen) atoms. The summed E-state index contributed by atoms with van der Waals surface area (Å²) in [6.07, 6.45) is 2.34. The van der Waals surface area contributed by atoms with Crippen molar-refractivity contribution in [2.45, 2.75) is 40.0 Å². The van der Waals surface area contributed by atoms with E-state index in [9.17, 15) is 9.18 Å². The molecule has 0 radical (unpaired) electrons. The molecule has 0 bridgehead atoms. The van der Waals surface area contributed by atoms with Crippen LogP contribution in [0.4, 0.5) is 9.52 Å². The van der Waals surface area contributed by atoms with E-state index in [0.29, 0.717) is 22.0 Å². The van der Waals surface area contributed by atoms with E-state index in [1.807, 2.05) is 19.9 Å². The summed E-state index contributed by atoms with van der Waals surface area (Å²) in [5.41, 5.74) is 2.18. The summed E-state index contributed by atoms with van der Waals surface area (Å²) in [7, 11) is 0. The zero-order chi connectivity index (χ0) is 18.7. The number of nitrogens with zero attached hydrogens (tertiary/aromatic N) is 2. The highest BCUT2D eigenvalue weighted by molar-refractivity contribution is 7.16. The Labute approximate surface area is 160 Å². The number of thiazole rings is 2. The second kappa shape index (κ2) is 8.05. The van der Waals surface area contributed by atoms with Crippen molar-refractivity contribution >= 4 is 33.7 Å². The molecule has 0 aliphatic heterocycles.